The van der Waals surface area contributed by atoms with Crippen LogP contribution in [0.1, 0.15) is 56.4 Å². The van der Waals surface area contributed by atoms with Gasteiger partial charge in [-0.2, -0.15) is 0 Å². The molecule has 1 heterocycles. The molecule has 2 aliphatic rings. The zero-order chi connectivity index (χ0) is 13.1. The van der Waals surface area contributed by atoms with Gasteiger partial charge in [0.1, 0.15) is 11.5 Å². The first-order valence-electron chi connectivity index (χ1n) is 7.59. The number of ketones is 1. The second-order valence-corrected chi connectivity index (χ2v) is 5.86. The second kappa shape index (κ2) is 5.77. The summed E-state index contributed by atoms with van der Waals surface area (Å²) in [7, 11) is 0. The van der Waals surface area contributed by atoms with Crippen LogP contribution in [0.3, 0.4) is 0 Å². The largest absolute Gasteiger partial charge is 0.493 e. The topological polar surface area (TPSA) is 26.3 Å². The van der Waals surface area contributed by atoms with Crippen LogP contribution in [0.4, 0.5) is 0 Å². The predicted octanol–water partition coefficient (Wildman–Crippen LogP) is 4.09. The van der Waals surface area contributed by atoms with Crippen molar-refractivity contribution in [2.45, 2.75) is 50.9 Å². The number of benzene rings is 1. The highest BCUT2D eigenvalue weighted by molar-refractivity contribution is 5.81. The van der Waals surface area contributed by atoms with E-state index in [0.717, 1.165) is 44.5 Å². The first-order valence-corrected chi connectivity index (χ1v) is 7.59. The lowest BCUT2D eigenvalue weighted by Gasteiger charge is -2.25. The van der Waals surface area contributed by atoms with Crippen molar-refractivity contribution in [2.75, 3.05) is 6.61 Å². The number of para-hydroxylation sites is 1. The number of ether oxygens (including phenoxy) is 1. The van der Waals surface area contributed by atoms with Crippen molar-refractivity contribution in [1.82, 2.24) is 0 Å². The monoisotopic (exact) mass is 258 g/mol. The Labute approximate surface area is 115 Å². The van der Waals surface area contributed by atoms with Crippen molar-refractivity contribution >= 4 is 5.78 Å². The summed E-state index contributed by atoms with van der Waals surface area (Å²) in [5.74, 6) is 2.40. The number of carbonyl (C=O) groups excluding carboxylic acids is 1. The maximum absolute atomic E-state index is 12.2. The molecule has 0 radical (unpaired) electrons. The maximum atomic E-state index is 12.2. The minimum absolute atomic E-state index is 0.370. The van der Waals surface area contributed by atoms with Gasteiger partial charge in [-0.3, -0.25) is 4.79 Å². The van der Waals surface area contributed by atoms with Crippen LogP contribution in [-0.4, -0.2) is 12.4 Å². The van der Waals surface area contributed by atoms with Crippen molar-refractivity contribution < 1.29 is 9.53 Å². The summed E-state index contributed by atoms with van der Waals surface area (Å²) in [6.45, 7) is 0.791. The average Bonchev–Trinajstić information content (AvgIpc) is 2.99. The number of hydrogen-bond acceptors (Lipinski definition) is 2. The molecule has 2 heteroatoms. The molecule has 102 valence electrons. The Morgan fingerprint density at radius 3 is 2.79 bits per heavy atom. The molecule has 0 spiro atoms. The third kappa shape index (κ3) is 2.83. The summed E-state index contributed by atoms with van der Waals surface area (Å²) in [4.78, 5) is 12.2. The lowest BCUT2D eigenvalue weighted by Crippen LogP contribution is -2.17. The molecule has 1 fully saturated rings. The van der Waals surface area contributed by atoms with Gasteiger partial charge in [0.2, 0.25) is 0 Å². The highest BCUT2D eigenvalue weighted by atomic mass is 16.5. The van der Waals surface area contributed by atoms with Crippen LogP contribution in [0.2, 0.25) is 0 Å². The standard InChI is InChI=1S/C17H22O2/c18-16(14-5-1-2-6-14)10-9-13-11-12-19-17-8-4-3-7-15(13)17/h3-4,7-8,13-14H,1-2,5-6,9-12H2. The molecule has 1 unspecified atom stereocenters. The molecule has 1 aliphatic carbocycles. The SMILES string of the molecule is O=C(CCC1CCOc2ccccc21)C1CCCC1. The summed E-state index contributed by atoms with van der Waals surface area (Å²) in [6.07, 6.45) is 7.55. The van der Waals surface area contributed by atoms with Gasteiger partial charge in [-0.25, -0.2) is 0 Å². The molecule has 1 aromatic rings. The Balaban J connectivity index is 1.60. The van der Waals surface area contributed by atoms with Crippen LogP contribution in [0, 0.1) is 5.92 Å². The van der Waals surface area contributed by atoms with E-state index in [2.05, 4.69) is 12.1 Å². The summed E-state index contributed by atoms with van der Waals surface area (Å²) < 4.78 is 5.68. The highest BCUT2D eigenvalue weighted by Crippen LogP contribution is 2.37. The fraction of sp³-hybridized carbons (Fsp3) is 0.588. The first-order chi connectivity index (χ1) is 9.34. The van der Waals surface area contributed by atoms with Crippen LogP contribution in [-0.2, 0) is 4.79 Å². The average molecular weight is 258 g/mol. The molecule has 1 atom stereocenters. The Hall–Kier alpha value is -1.31. The van der Waals surface area contributed by atoms with Gasteiger partial charge in [0.25, 0.3) is 0 Å². The van der Waals surface area contributed by atoms with E-state index in [1.54, 1.807) is 0 Å². The lowest BCUT2D eigenvalue weighted by molar-refractivity contribution is -0.122. The molecule has 1 aliphatic heterocycles. The van der Waals surface area contributed by atoms with Crippen molar-refractivity contribution in [3.8, 4) is 5.75 Å². The van der Waals surface area contributed by atoms with Gasteiger partial charge in [-0.15, -0.1) is 0 Å². The Kier molecular flexibility index (Phi) is 3.86. The van der Waals surface area contributed by atoms with Crippen LogP contribution >= 0.6 is 0 Å². The molecule has 1 saturated carbocycles. The lowest BCUT2D eigenvalue weighted by atomic mass is 9.86. The van der Waals surface area contributed by atoms with E-state index in [0.29, 0.717) is 17.6 Å². The van der Waals surface area contributed by atoms with Gasteiger partial charge < -0.3 is 4.74 Å². The number of Topliss-reactive ketones (excluding diaryl/α,β-unsaturated/α-hetero) is 1. The summed E-state index contributed by atoms with van der Waals surface area (Å²) in [5, 5.41) is 0. The molecule has 0 N–H and O–H groups in total. The van der Waals surface area contributed by atoms with Crippen molar-refractivity contribution in [2.24, 2.45) is 5.92 Å². The molecular weight excluding hydrogens is 236 g/mol. The molecule has 1 aromatic carbocycles. The smallest absolute Gasteiger partial charge is 0.135 e. The quantitative estimate of drug-likeness (QED) is 0.813. The van der Waals surface area contributed by atoms with E-state index >= 15 is 0 Å². The third-order valence-corrected chi connectivity index (χ3v) is 4.63. The van der Waals surface area contributed by atoms with Crippen LogP contribution in [0.5, 0.6) is 5.75 Å². The van der Waals surface area contributed by atoms with Gasteiger partial charge in [-0.1, -0.05) is 31.0 Å². The van der Waals surface area contributed by atoms with E-state index in [4.69, 9.17) is 4.74 Å². The van der Waals surface area contributed by atoms with Gasteiger partial charge in [0.05, 0.1) is 6.61 Å². The first kappa shape index (κ1) is 12.7. The fourth-order valence-electron chi connectivity index (χ4n) is 3.48. The highest BCUT2D eigenvalue weighted by Gasteiger charge is 2.25. The van der Waals surface area contributed by atoms with Gasteiger partial charge in [0, 0.05) is 12.3 Å². The minimum Gasteiger partial charge on any atom is -0.493 e. The van der Waals surface area contributed by atoms with Gasteiger partial charge >= 0.3 is 0 Å². The normalized spacial score (nSPS) is 22.8. The van der Waals surface area contributed by atoms with Crippen LogP contribution in [0.25, 0.3) is 0 Å². The van der Waals surface area contributed by atoms with Crippen LogP contribution < -0.4 is 4.74 Å². The van der Waals surface area contributed by atoms with Crippen molar-refractivity contribution in [1.29, 1.82) is 0 Å². The minimum atomic E-state index is 0.370. The number of rotatable bonds is 4. The Morgan fingerprint density at radius 2 is 1.95 bits per heavy atom. The van der Waals surface area contributed by atoms with Crippen LogP contribution in [0.15, 0.2) is 24.3 Å². The molecule has 2 nitrogen and oxygen atoms in total. The third-order valence-electron chi connectivity index (χ3n) is 4.63. The predicted molar refractivity (Wildman–Crippen MR) is 75.5 cm³/mol. The fourth-order valence-corrected chi connectivity index (χ4v) is 3.48. The molecule has 0 amide bonds. The maximum Gasteiger partial charge on any atom is 0.135 e. The van der Waals surface area contributed by atoms with E-state index in [1.807, 2.05) is 12.1 Å². The molecular formula is C17H22O2. The molecule has 0 aromatic heterocycles. The molecule has 0 saturated heterocycles. The zero-order valence-corrected chi connectivity index (χ0v) is 11.4. The number of hydrogen-bond donors (Lipinski definition) is 0. The summed E-state index contributed by atoms with van der Waals surface area (Å²) in [5.41, 5.74) is 1.30. The van der Waals surface area contributed by atoms with E-state index in [9.17, 15) is 4.79 Å². The summed E-state index contributed by atoms with van der Waals surface area (Å²) >= 11 is 0. The molecule has 19 heavy (non-hydrogen) atoms. The van der Waals surface area contributed by atoms with Gasteiger partial charge in [0.15, 0.2) is 0 Å². The molecule has 0 bridgehead atoms. The number of fused-ring (bicyclic) bond motifs is 1. The van der Waals surface area contributed by atoms with E-state index in [1.165, 1.54) is 18.4 Å². The molecule has 3 rings (SSSR count). The van der Waals surface area contributed by atoms with Crippen molar-refractivity contribution in [3.05, 3.63) is 29.8 Å². The zero-order valence-electron chi connectivity index (χ0n) is 11.4. The number of carbonyl (C=O) groups is 1. The summed E-state index contributed by atoms with van der Waals surface area (Å²) in [6, 6.07) is 8.28. The Morgan fingerprint density at radius 1 is 1.16 bits per heavy atom. The van der Waals surface area contributed by atoms with E-state index in [-0.39, 0.29) is 0 Å². The van der Waals surface area contributed by atoms with E-state index < -0.39 is 0 Å². The van der Waals surface area contributed by atoms with Crippen molar-refractivity contribution in [3.63, 3.8) is 0 Å². The van der Waals surface area contributed by atoms with Gasteiger partial charge in [-0.05, 0) is 43.2 Å². The second-order valence-electron chi connectivity index (χ2n) is 5.86. The Bertz CT molecular complexity index is 446.